The van der Waals surface area contributed by atoms with Gasteiger partial charge in [-0.1, -0.05) is 35.5 Å². The van der Waals surface area contributed by atoms with Gasteiger partial charge in [0.25, 0.3) is 0 Å². The standard InChI is InChI=1S/C21H24N4O2/c1-4-25(5-2)17-11-12-18(15(3)13-17)22-21(26)23-20-14-19(27-24-20)16-9-7-6-8-10-16/h6-14H,4-5H2,1-3H3,(H2,22,23,24,26). The lowest BCUT2D eigenvalue weighted by molar-refractivity contribution is 0.262. The normalized spacial score (nSPS) is 10.5. The first-order valence-corrected chi connectivity index (χ1v) is 9.06. The number of nitrogens with zero attached hydrogens (tertiary/aromatic N) is 2. The van der Waals surface area contributed by atoms with Gasteiger partial charge in [0.2, 0.25) is 0 Å². The van der Waals surface area contributed by atoms with E-state index in [0.29, 0.717) is 11.6 Å². The third kappa shape index (κ3) is 4.47. The van der Waals surface area contributed by atoms with Crippen molar-refractivity contribution in [3.8, 4) is 11.3 Å². The lowest BCUT2D eigenvalue weighted by atomic mass is 10.1. The molecule has 6 nitrogen and oxygen atoms in total. The van der Waals surface area contributed by atoms with E-state index in [2.05, 4.69) is 40.6 Å². The Bertz CT molecular complexity index is 902. The van der Waals surface area contributed by atoms with Crippen LogP contribution in [0.2, 0.25) is 0 Å². The largest absolute Gasteiger partial charge is 0.372 e. The minimum absolute atomic E-state index is 0.360. The van der Waals surface area contributed by atoms with E-state index in [1.54, 1.807) is 6.07 Å². The lowest BCUT2D eigenvalue weighted by Gasteiger charge is -2.22. The number of anilines is 3. The fourth-order valence-electron chi connectivity index (χ4n) is 2.92. The smallest absolute Gasteiger partial charge is 0.324 e. The fraction of sp³-hybridized carbons (Fsp3) is 0.238. The van der Waals surface area contributed by atoms with E-state index in [-0.39, 0.29) is 6.03 Å². The minimum atomic E-state index is -0.360. The van der Waals surface area contributed by atoms with Crippen molar-refractivity contribution in [2.75, 3.05) is 28.6 Å². The van der Waals surface area contributed by atoms with Crippen molar-refractivity contribution in [2.45, 2.75) is 20.8 Å². The Labute approximate surface area is 159 Å². The van der Waals surface area contributed by atoms with Gasteiger partial charge >= 0.3 is 6.03 Å². The van der Waals surface area contributed by atoms with Crippen molar-refractivity contribution >= 4 is 23.2 Å². The molecular formula is C21H24N4O2. The Hall–Kier alpha value is -3.28. The van der Waals surface area contributed by atoms with Gasteiger partial charge in [0.1, 0.15) is 0 Å². The van der Waals surface area contributed by atoms with Crippen molar-refractivity contribution in [2.24, 2.45) is 0 Å². The van der Waals surface area contributed by atoms with E-state index in [4.69, 9.17) is 4.52 Å². The number of carbonyl (C=O) groups is 1. The molecule has 3 rings (SSSR count). The minimum Gasteiger partial charge on any atom is -0.372 e. The third-order valence-electron chi connectivity index (χ3n) is 4.40. The summed E-state index contributed by atoms with van der Waals surface area (Å²) in [5.41, 5.74) is 3.81. The number of amides is 2. The monoisotopic (exact) mass is 364 g/mol. The molecule has 0 unspecified atom stereocenters. The number of carbonyl (C=O) groups excluding carboxylic acids is 1. The van der Waals surface area contributed by atoms with E-state index in [1.165, 1.54) is 0 Å². The fourth-order valence-corrected chi connectivity index (χ4v) is 2.92. The molecule has 3 aromatic rings. The average molecular weight is 364 g/mol. The van der Waals surface area contributed by atoms with Crippen molar-refractivity contribution < 1.29 is 9.32 Å². The summed E-state index contributed by atoms with van der Waals surface area (Å²) in [6.45, 7) is 8.12. The number of aromatic nitrogens is 1. The topological polar surface area (TPSA) is 70.4 Å². The van der Waals surface area contributed by atoms with Crippen LogP contribution in [0.1, 0.15) is 19.4 Å². The van der Waals surface area contributed by atoms with E-state index >= 15 is 0 Å². The Balaban J connectivity index is 1.65. The highest BCUT2D eigenvalue weighted by Crippen LogP contribution is 2.24. The van der Waals surface area contributed by atoms with Crippen LogP contribution < -0.4 is 15.5 Å². The number of hydrogen-bond donors (Lipinski definition) is 2. The first-order valence-electron chi connectivity index (χ1n) is 9.06. The molecule has 27 heavy (non-hydrogen) atoms. The number of hydrogen-bond acceptors (Lipinski definition) is 4. The molecule has 1 heterocycles. The molecule has 0 bridgehead atoms. The van der Waals surface area contributed by atoms with Crippen LogP contribution in [-0.2, 0) is 0 Å². The molecule has 0 spiro atoms. The number of benzene rings is 2. The van der Waals surface area contributed by atoms with Gasteiger partial charge in [0, 0.05) is 36.1 Å². The van der Waals surface area contributed by atoms with Gasteiger partial charge in [0.15, 0.2) is 11.6 Å². The molecule has 2 amide bonds. The zero-order valence-electron chi connectivity index (χ0n) is 15.8. The molecule has 0 aliphatic carbocycles. The molecular weight excluding hydrogens is 340 g/mol. The van der Waals surface area contributed by atoms with Gasteiger partial charge in [-0.2, -0.15) is 0 Å². The van der Waals surface area contributed by atoms with E-state index in [0.717, 1.165) is 35.6 Å². The number of rotatable bonds is 6. The SMILES string of the molecule is CCN(CC)c1ccc(NC(=O)Nc2cc(-c3ccccc3)on2)c(C)c1. The van der Waals surface area contributed by atoms with Crippen LogP contribution >= 0.6 is 0 Å². The third-order valence-corrected chi connectivity index (χ3v) is 4.40. The second-order valence-corrected chi connectivity index (χ2v) is 6.19. The summed E-state index contributed by atoms with van der Waals surface area (Å²) in [4.78, 5) is 14.6. The van der Waals surface area contributed by atoms with Crippen molar-refractivity contribution in [3.63, 3.8) is 0 Å². The molecule has 6 heteroatoms. The van der Waals surface area contributed by atoms with E-state index in [9.17, 15) is 4.79 Å². The molecule has 0 saturated carbocycles. The number of urea groups is 1. The van der Waals surface area contributed by atoms with Gasteiger partial charge < -0.3 is 14.7 Å². The molecule has 2 aromatic carbocycles. The summed E-state index contributed by atoms with van der Waals surface area (Å²) in [6.07, 6.45) is 0. The molecule has 0 aliphatic rings. The van der Waals surface area contributed by atoms with Gasteiger partial charge in [-0.25, -0.2) is 4.79 Å². The Morgan fingerprint density at radius 1 is 1.04 bits per heavy atom. The maximum Gasteiger partial charge on any atom is 0.324 e. The van der Waals surface area contributed by atoms with Gasteiger partial charge in [-0.15, -0.1) is 0 Å². The van der Waals surface area contributed by atoms with Gasteiger partial charge in [-0.3, -0.25) is 5.32 Å². The lowest BCUT2D eigenvalue weighted by Crippen LogP contribution is -2.22. The Morgan fingerprint density at radius 3 is 2.44 bits per heavy atom. The van der Waals surface area contributed by atoms with E-state index < -0.39 is 0 Å². The molecule has 1 aromatic heterocycles. The number of aryl methyl sites for hydroxylation is 1. The highest BCUT2D eigenvalue weighted by atomic mass is 16.5. The van der Waals surface area contributed by atoms with Gasteiger partial charge in [-0.05, 0) is 44.5 Å². The summed E-state index contributed by atoms with van der Waals surface area (Å²) in [5, 5.41) is 9.46. The van der Waals surface area contributed by atoms with Gasteiger partial charge in [0.05, 0.1) is 0 Å². The summed E-state index contributed by atoms with van der Waals surface area (Å²) < 4.78 is 5.29. The predicted octanol–water partition coefficient (Wildman–Crippen LogP) is 5.14. The molecule has 0 radical (unpaired) electrons. The molecule has 0 aliphatic heterocycles. The van der Waals surface area contributed by atoms with Crippen LogP contribution in [0.5, 0.6) is 0 Å². The maximum absolute atomic E-state index is 12.3. The Morgan fingerprint density at radius 2 is 1.78 bits per heavy atom. The van der Waals surface area contributed by atoms with Crippen molar-refractivity contribution in [1.82, 2.24) is 5.16 Å². The summed E-state index contributed by atoms with van der Waals surface area (Å²) >= 11 is 0. The molecule has 0 saturated heterocycles. The zero-order chi connectivity index (χ0) is 19.2. The first-order chi connectivity index (χ1) is 13.1. The molecule has 2 N–H and O–H groups in total. The van der Waals surface area contributed by atoms with E-state index in [1.807, 2.05) is 49.4 Å². The summed E-state index contributed by atoms with van der Waals surface area (Å²) in [7, 11) is 0. The number of nitrogens with one attached hydrogen (secondary N) is 2. The second-order valence-electron chi connectivity index (χ2n) is 6.19. The van der Waals surface area contributed by atoms with Crippen LogP contribution in [0.25, 0.3) is 11.3 Å². The maximum atomic E-state index is 12.3. The van der Waals surface area contributed by atoms with Crippen molar-refractivity contribution in [1.29, 1.82) is 0 Å². The Kier molecular flexibility index (Phi) is 5.76. The zero-order valence-corrected chi connectivity index (χ0v) is 15.8. The predicted molar refractivity (Wildman–Crippen MR) is 109 cm³/mol. The van der Waals surface area contributed by atoms with Crippen LogP contribution in [0.4, 0.5) is 22.0 Å². The molecule has 0 atom stereocenters. The summed E-state index contributed by atoms with van der Waals surface area (Å²) in [5.74, 6) is 0.967. The van der Waals surface area contributed by atoms with Crippen LogP contribution in [0.3, 0.4) is 0 Å². The quantitative estimate of drug-likeness (QED) is 0.635. The highest BCUT2D eigenvalue weighted by Gasteiger charge is 2.11. The average Bonchev–Trinajstić information content (AvgIpc) is 3.14. The first kappa shape index (κ1) is 18.5. The van der Waals surface area contributed by atoms with Crippen LogP contribution in [0, 0.1) is 6.92 Å². The van der Waals surface area contributed by atoms with Crippen LogP contribution in [0.15, 0.2) is 59.1 Å². The molecule has 140 valence electrons. The second kappa shape index (κ2) is 8.40. The van der Waals surface area contributed by atoms with Crippen molar-refractivity contribution in [3.05, 3.63) is 60.2 Å². The summed E-state index contributed by atoms with van der Waals surface area (Å²) in [6, 6.07) is 17.0. The molecule has 0 fully saturated rings. The highest BCUT2D eigenvalue weighted by molar-refractivity contribution is 6.00. The van der Waals surface area contributed by atoms with Crippen LogP contribution in [-0.4, -0.2) is 24.3 Å².